The van der Waals surface area contributed by atoms with Gasteiger partial charge in [-0.1, -0.05) is 6.92 Å². The second-order valence-electron chi connectivity index (χ2n) is 4.02. The predicted molar refractivity (Wildman–Crippen MR) is 49.0 cm³/mol. The Bertz CT molecular complexity index is 230. The molecule has 80 valence electrons. The summed E-state index contributed by atoms with van der Waals surface area (Å²) in [4.78, 5) is 18.2. The van der Waals surface area contributed by atoms with Crippen molar-refractivity contribution in [3.05, 3.63) is 0 Å². The molecule has 5 nitrogen and oxygen atoms in total. The van der Waals surface area contributed by atoms with Gasteiger partial charge in [0.1, 0.15) is 0 Å². The molecular weight excluding hydrogens is 186 g/mol. The van der Waals surface area contributed by atoms with E-state index in [1.54, 1.807) is 0 Å². The van der Waals surface area contributed by atoms with E-state index in [0.717, 1.165) is 11.3 Å². The highest BCUT2D eigenvalue weighted by atomic mass is 16.4. The van der Waals surface area contributed by atoms with Crippen LogP contribution in [0.2, 0.25) is 0 Å². The number of hydrogen-bond donors (Lipinski definition) is 3. The van der Waals surface area contributed by atoms with Gasteiger partial charge in [0.25, 0.3) is 0 Å². The molecule has 0 bridgehead atoms. The minimum Gasteiger partial charge on any atom is -0.473 e. The van der Waals surface area contributed by atoms with E-state index in [1.165, 1.54) is 25.9 Å². The van der Waals surface area contributed by atoms with E-state index in [4.69, 9.17) is 19.8 Å². The van der Waals surface area contributed by atoms with Gasteiger partial charge in [0.15, 0.2) is 0 Å². The number of carbonyl (C=O) groups is 2. The third-order valence-corrected chi connectivity index (χ3v) is 3.26. The zero-order valence-corrected chi connectivity index (χ0v) is 8.12. The van der Waals surface area contributed by atoms with Crippen LogP contribution in [0.4, 0.5) is 0 Å². The summed E-state index contributed by atoms with van der Waals surface area (Å²) < 4.78 is 0. The maximum absolute atomic E-state index is 9.10. The van der Waals surface area contributed by atoms with Gasteiger partial charge >= 0.3 is 11.9 Å². The summed E-state index contributed by atoms with van der Waals surface area (Å²) in [5.74, 6) is -2.63. The van der Waals surface area contributed by atoms with E-state index in [2.05, 4.69) is 12.2 Å². The Kier molecular flexibility index (Phi) is 3.10. The normalized spacial score (nSPS) is 26.5. The van der Waals surface area contributed by atoms with Gasteiger partial charge < -0.3 is 15.5 Å². The molecule has 2 aliphatic rings. The molecule has 0 aromatic rings. The number of rotatable bonds is 0. The molecule has 1 spiro atoms. The first-order chi connectivity index (χ1) is 6.48. The molecule has 14 heavy (non-hydrogen) atoms. The SMILES string of the molecule is CC1CCC12CNC2.O=C(O)C(=O)O. The quantitative estimate of drug-likeness (QED) is 0.486. The van der Waals surface area contributed by atoms with Crippen LogP contribution in [0.15, 0.2) is 0 Å². The molecule has 3 N–H and O–H groups in total. The van der Waals surface area contributed by atoms with Crippen molar-refractivity contribution in [2.75, 3.05) is 13.1 Å². The average Bonchev–Trinajstić information content (AvgIpc) is 2.00. The summed E-state index contributed by atoms with van der Waals surface area (Å²) in [5.41, 5.74) is 0.792. The lowest BCUT2D eigenvalue weighted by molar-refractivity contribution is -0.159. The summed E-state index contributed by atoms with van der Waals surface area (Å²) in [6, 6.07) is 0. The van der Waals surface area contributed by atoms with Crippen LogP contribution in [0.1, 0.15) is 19.8 Å². The largest absolute Gasteiger partial charge is 0.473 e. The molecule has 1 heterocycles. The first kappa shape index (κ1) is 11.0. The van der Waals surface area contributed by atoms with Crippen LogP contribution in [-0.2, 0) is 9.59 Å². The van der Waals surface area contributed by atoms with Crippen LogP contribution in [0.3, 0.4) is 0 Å². The minimum atomic E-state index is -1.82. The molecule has 5 heteroatoms. The smallest absolute Gasteiger partial charge is 0.414 e. The molecule has 1 saturated heterocycles. The monoisotopic (exact) mass is 201 g/mol. The van der Waals surface area contributed by atoms with Crippen molar-refractivity contribution < 1.29 is 19.8 Å². The predicted octanol–water partition coefficient (Wildman–Crippen LogP) is 0.161. The lowest BCUT2D eigenvalue weighted by Crippen LogP contribution is -2.61. The molecule has 1 unspecified atom stereocenters. The Labute approximate surface area is 82.1 Å². The maximum Gasteiger partial charge on any atom is 0.414 e. The highest BCUT2D eigenvalue weighted by molar-refractivity contribution is 6.27. The summed E-state index contributed by atoms with van der Waals surface area (Å²) in [6.07, 6.45) is 2.96. The highest BCUT2D eigenvalue weighted by Crippen LogP contribution is 2.48. The van der Waals surface area contributed by atoms with Crippen molar-refractivity contribution in [2.45, 2.75) is 19.8 Å². The van der Waals surface area contributed by atoms with Crippen LogP contribution in [0.5, 0.6) is 0 Å². The van der Waals surface area contributed by atoms with Gasteiger partial charge in [-0.05, 0) is 24.2 Å². The van der Waals surface area contributed by atoms with Crippen LogP contribution in [0, 0.1) is 11.3 Å². The van der Waals surface area contributed by atoms with Gasteiger partial charge in [-0.15, -0.1) is 0 Å². The molecule has 1 aliphatic carbocycles. The number of aliphatic carboxylic acids is 2. The van der Waals surface area contributed by atoms with Gasteiger partial charge in [-0.25, -0.2) is 9.59 Å². The van der Waals surface area contributed by atoms with E-state index >= 15 is 0 Å². The number of nitrogens with one attached hydrogen (secondary N) is 1. The van der Waals surface area contributed by atoms with E-state index in [-0.39, 0.29) is 0 Å². The standard InChI is InChI=1S/C7H13N.C2H2O4/c1-6-2-3-7(6)4-8-5-7;3-1(4)2(5)6/h6,8H,2-5H2,1H3;(H,3,4)(H,5,6). The Morgan fingerprint density at radius 2 is 1.79 bits per heavy atom. The third kappa shape index (κ3) is 2.04. The summed E-state index contributed by atoms with van der Waals surface area (Å²) in [5, 5.41) is 18.1. The van der Waals surface area contributed by atoms with Gasteiger partial charge in [-0.2, -0.15) is 0 Å². The van der Waals surface area contributed by atoms with Crippen molar-refractivity contribution in [2.24, 2.45) is 11.3 Å². The van der Waals surface area contributed by atoms with E-state index < -0.39 is 11.9 Å². The van der Waals surface area contributed by atoms with Gasteiger partial charge in [0.05, 0.1) is 0 Å². The summed E-state index contributed by atoms with van der Waals surface area (Å²) >= 11 is 0. The van der Waals surface area contributed by atoms with Crippen molar-refractivity contribution in [1.29, 1.82) is 0 Å². The van der Waals surface area contributed by atoms with Crippen LogP contribution in [-0.4, -0.2) is 35.2 Å². The molecule has 2 fully saturated rings. The van der Waals surface area contributed by atoms with Crippen molar-refractivity contribution in [3.8, 4) is 0 Å². The van der Waals surface area contributed by atoms with Crippen LogP contribution < -0.4 is 5.32 Å². The molecule has 2 rings (SSSR count). The first-order valence-corrected chi connectivity index (χ1v) is 4.65. The fourth-order valence-corrected chi connectivity index (χ4v) is 1.81. The molecule has 1 saturated carbocycles. The first-order valence-electron chi connectivity index (χ1n) is 4.65. The highest BCUT2D eigenvalue weighted by Gasteiger charge is 2.47. The molecule has 0 aromatic heterocycles. The Morgan fingerprint density at radius 1 is 1.29 bits per heavy atom. The van der Waals surface area contributed by atoms with E-state index in [0.29, 0.717) is 0 Å². The van der Waals surface area contributed by atoms with Crippen LogP contribution in [0.25, 0.3) is 0 Å². The summed E-state index contributed by atoms with van der Waals surface area (Å²) in [6.45, 7) is 4.98. The number of hydrogen-bond acceptors (Lipinski definition) is 3. The molecule has 1 atom stereocenters. The second-order valence-corrected chi connectivity index (χ2v) is 4.02. The van der Waals surface area contributed by atoms with Crippen LogP contribution >= 0.6 is 0 Å². The van der Waals surface area contributed by atoms with Gasteiger partial charge in [0.2, 0.25) is 0 Å². The lowest BCUT2D eigenvalue weighted by Gasteiger charge is -2.55. The Balaban J connectivity index is 0.000000149. The zero-order chi connectivity index (χ0) is 10.8. The van der Waals surface area contributed by atoms with Crippen molar-refractivity contribution in [3.63, 3.8) is 0 Å². The molecule has 0 aromatic carbocycles. The van der Waals surface area contributed by atoms with Gasteiger partial charge in [0, 0.05) is 13.1 Å². The van der Waals surface area contributed by atoms with Gasteiger partial charge in [-0.3, -0.25) is 0 Å². The maximum atomic E-state index is 9.10. The van der Waals surface area contributed by atoms with E-state index in [1.807, 2.05) is 0 Å². The minimum absolute atomic E-state index is 0.792. The average molecular weight is 201 g/mol. The summed E-state index contributed by atoms with van der Waals surface area (Å²) in [7, 11) is 0. The molecular formula is C9H15NO4. The topological polar surface area (TPSA) is 86.6 Å². The Hall–Kier alpha value is -1.10. The zero-order valence-electron chi connectivity index (χ0n) is 8.12. The Morgan fingerprint density at radius 3 is 1.79 bits per heavy atom. The fraction of sp³-hybridized carbons (Fsp3) is 0.778. The van der Waals surface area contributed by atoms with Crippen molar-refractivity contribution in [1.82, 2.24) is 5.32 Å². The second kappa shape index (κ2) is 3.96. The molecule has 0 amide bonds. The lowest BCUT2D eigenvalue weighted by atomic mass is 9.57. The third-order valence-electron chi connectivity index (χ3n) is 3.26. The fourth-order valence-electron chi connectivity index (χ4n) is 1.81. The van der Waals surface area contributed by atoms with Crippen molar-refractivity contribution >= 4 is 11.9 Å². The molecule has 0 radical (unpaired) electrons. The molecule has 1 aliphatic heterocycles. The number of carboxylic acid groups (broad SMARTS) is 2. The number of carboxylic acids is 2. The van der Waals surface area contributed by atoms with E-state index in [9.17, 15) is 0 Å².